The highest BCUT2D eigenvalue weighted by Gasteiger charge is 2.18. The second-order valence-corrected chi connectivity index (χ2v) is 6.66. The molecule has 3 aromatic rings. The van der Waals surface area contributed by atoms with Crippen LogP contribution in [0.2, 0.25) is 10.0 Å². The van der Waals surface area contributed by atoms with E-state index < -0.39 is 17.4 Å². The third-order valence-corrected chi connectivity index (χ3v) is 5.01. The first-order chi connectivity index (χ1) is 13.3. The van der Waals surface area contributed by atoms with E-state index in [0.29, 0.717) is 22.0 Å². The predicted molar refractivity (Wildman–Crippen MR) is 107 cm³/mol. The number of rotatable bonds is 4. The molecule has 0 saturated carbocycles. The van der Waals surface area contributed by atoms with Gasteiger partial charge < -0.3 is 20.0 Å². The maximum atomic E-state index is 12.4. The Hall–Kier alpha value is -3.03. The van der Waals surface area contributed by atoms with Crippen molar-refractivity contribution < 1.29 is 14.3 Å². The Bertz CT molecular complexity index is 1120. The molecule has 0 radical (unpaired) electrons. The van der Waals surface area contributed by atoms with Gasteiger partial charge in [-0.05, 0) is 36.2 Å². The van der Waals surface area contributed by atoms with Gasteiger partial charge in [0.15, 0.2) is 0 Å². The Morgan fingerprint density at radius 2 is 1.75 bits per heavy atom. The van der Waals surface area contributed by atoms with Crippen molar-refractivity contribution in [2.75, 3.05) is 12.4 Å². The molecular formula is C19H15Cl2N3O4. The molecule has 1 amide bonds. The van der Waals surface area contributed by atoms with Crippen LogP contribution < -0.4 is 10.9 Å². The van der Waals surface area contributed by atoms with Crippen molar-refractivity contribution in [3.63, 3.8) is 0 Å². The Morgan fingerprint density at radius 3 is 2.32 bits per heavy atom. The highest BCUT2D eigenvalue weighted by molar-refractivity contribution is 6.44. The molecule has 3 rings (SSSR count). The Kier molecular flexibility index (Phi) is 5.58. The van der Waals surface area contributed by atoms with Crippen LogP contribution in [0.4, 0.5) is 5.69 Å². The maximum Gasteiger partial charge on any atom is 0.343 e. The number of esters is 1. The van der Waals surface area contributed by atoms with Gasteiger partial charge in [0.2, 0.25) is 0 Å². The smallest absolute Gasteiger partial charge is 0.343 e. The highest BCUT2D eigenvalue weighted by Crippen LogP contribution is 2.29. The van der Waals surface area contributed by atoms with Crippen molar-refractivity contribution in [1.82, 2.24) is 9.97 Å². The van der Waals surface area contributed by atoms with Gasteiger partial charge in [0, 0.05) is 17.6 Å². The average Bonchev–Trinajstić information content (AvgIpc) is 2.96. The zero-order valence-electron chi connectivity index (χ0n) is 14.9. The molecule has 2 aromatic heterocycles. The third kappa shape index (κ3) is 3.81. The fourth-order valence-corrected chi connectivity index (χ4v) is 3.00. The highest BCUT2D eigenvalue weighted by atomic mass is 35.5. The number of methoxy groups -OCH3 is 1. The zero-order chi connectivity index (χ0) is 20.4. The largest absolute Gasteiger partial charge is 0.465 e. The van der Waals surface area contributed by atoms with Gasteiger partial charge >= 0.3 is 5.97 Å². The molecule has 0 fully saturated rings. The number of H-pyrrole nitrogens is 2. The minimum absolute atomic E-state index is 0.0917. The normalized spacial score (nSPS) is 10.6. The first kappa shape index (κ1) is 19.7. The molecule has 0 aliphatic rings. The van der Waals surface area contributed by atoms with Crippen molar-refractivity contribution in [3.05, 3.63) is 73.9 Å². The van der Waals surface area contributed by atoms with Crippen LogP contribution in [0.3, 0.4) is 0 Å². The Balaban J connectivity index is 1.82. The molecule has 9 heteroatoms. The minimum Gasteiger partial charge on any atom is -0.465 e. The van der Waals surface area contributed by atoms with Gasteiger partial charge in [-0.1, -0.05) is 35.3 Å². The number of aromatic amines is 2. The van der Waals surface area contributed by atoms with E-state index in [0.717, 1.165) is 5.56 Å². The third-order valence-electron chi connectivity index (χ3n) is 4.07. The van der Waals surface area contributed by atoms with Crippen LogP contribution in [-0.2, 0) is 4.74 Å². The van der Waals surface area contributed by atoms with Gasteiger partial charge in [0.05, 0.1) is 17.2 Å². The lowest BCUT2D eigenvalue weighted by atomic mass is 10.1. The fourth-order valence-electron chi connectivity index (χ4n) is 2.58. The van der Waals surface area contributed by atoms with Crippen LogP contribution in [0.1, 0.15) is 26.5 Å². The lowest BCUT2D eigenvalue weighted by Gasteiger charge is -2.07. The number of aryl methyl sites for hydroxylation is 1. The van der Waals surface area contributed by atoms with Crippen molar-refractivity contribution in [2.24, 2.45) is 0 Å². The summed E-state index contributed by atoms with van der Waals surface area (Å²) in [7, 11) is 1.21. The molecule has 0 atom stereocenters. The minimum atomic E-state index is -0.719. The molecule has 0 aliphatic heterocycles. The van der Waals surface area contributed by atoms with Gasteiger partial charge in [-0.25, -0.2) is 4.79 Å². The number of aromatic nitrogens is 2. The van der Waals surface area contributed by atoms with E-state index in [4.69, 9.17) is 23.2 Å². The topological polar surface area (TPSA) is 104 Å². The summed E-state index contributed by atoms with van der Waals surface area (Å²) in [5.74, 6) is -1.14. The van der Waals surface area contributed by atoms with E-state index in [2.05, 4.69) is 20.0 Å². The van der Waals surface area contributed by atoms with Crippen LogP contribution in [0.25, 0.3) is 11.1 Å². The lowest BCUT2D eigenvalue weighted by molar-refractivity contribution is 0.0598. The Labute approximate surface area is 169 Å². The molecule has 0 aliphatic carbocycles. The molecule has 0 unspecified atom stereocenters. The molecule has 144 valence electrons. The summed E-state index contributed by atoms with van der Waals surface area (Å²) >= 11 is 12.0. The summed E-state index contributed by atoms with van der Waals surface area (Å²) in [6.07, 6.45) is 1.49. The van der Waals surface area contributed by atoms with Crippen LogP contribution in [0.15, 0.2) is 41.3 Å². The van der Waals surface area contributed by atoms with E-state index in [1.54, 1.807) is 31.2 Å². The molecule has 28 heavy (non-hydrogen) atoms. The molecule has 1 aromatic carbocycles. The fraction of sp³-hybridized carbons (Fsp3) is 0.105. The van der Waals surface area contributed by atoms with Gasteiger partial charge in [0.1, 0.15) is 11.3 Å². The van der Waals surface area contributed by atoms with Gasteiger partial charge in [-0.3, -0.25) is 9.59 Å². The number of amides is 1. The molecule has 0 spiro atoms. The number of halogens is 2. The van der Waals surface area contributed by atoms with Gasteiger partial charge in [-0.15, -0.1) is 0 Å². The van der Waals surface area contributed by atoms with E-state index in [1.807, 2.05) is 0 Å². The van der Waals surface area contributed by atoms with E-state index in [9.17, 15) is 14.4 Å². The summed E-state index contributed by atoms with van der Waals surface area (Å²) < 4.78 is 4.60. The number of hydrogen-bond acceptors (Lipinski definition) is 4. The second-order valence-electron chi connectivity index (χ2n) is 5.91. The molecule has 3 N–H and O–H groups in total. The SMILES string of the molecule is COC(=O)c1cc(-c2ccc(NC(=O)c3[nH]c(C)c(Cl)c3Cl)cc2)c[nH]c1=O. The molecule has 0 saturated heterocycles. The first-order valence-electron chi connectivity index (χ1n) is 8.08. The summed E-state index contributed by atoms with van der Waals surface area (Å²) in [4.78, 5) is 41.1. The van der Waals surface area contributed by atoms with Crippen molar-refractivity contribution in [3.8, 4) is 11.1 Å². The number of ether oxygens (including phenoxy) is 1. The number of anilines is 1. The summed E-state index contributed by atoms with van der Waals surface area (Å²) in [5.41, 5.74) is 2.04. The van der Waals surface area contributed by atoms with Crippen molar-refractivity contribution in [2.45, 2.75) is 6.92 Å². The number of nitrogens with one attached hydrogen (secondary N) is 3. The maximum absolute atomic E-state index is 12.4. The Morgan fingerprint density at radius 1 is 1.07 bits per heavy atom. The van der Waals surface area contributed by atoms with Crippen LogP contribution in [0, 0.1) is 6.92 Å². The molecular weight excluding hydrogens is 405 g/mol. The van der Waals surface area contributed by atoms with Crippen LogP contribution in [0.5, 0.6) is 0 Å². The van der Waals surface area contributed by atoms with Crippen LogP contribution >= 0.6 is 23.2 Å². The summed E-state index contributed by atoms with van der Waals surface area (Å²) in [5, 5.41) is 3.19. The summed E-state index contributed by atoms with van der Waals surface area (Å²) in [6.45, 7) is 1.71. The van der Waals surface area contributed by atoms with Crippen molar-refractivity contribution in [1.29, 1.82) is 0 Å². The quantitative estimate of drug-likeness (QED) is 0.555. The van der Waals surface area contributed by atoms with Gasteiger partial charge in [-0.2, -0.15) is 0 Å². The van der Waals surface area contributed by atoms with E-state index in [-0.39, 0.29) is 16.3 Å². The second kappa shape index (κ2) is 7.92. The molecule has 0 bridgehead atoms. The molecule has 7 nitrogen and oxygen atoms in total. The monoisotopic (exact) mass is 419 g/mol. The van der Waals surface area contributed by atoms with E-state index in [1.165, 1.54) is 19.4 Å². The number of pyridine rings is 1. The lowest BCUT2D eigenvalue weighted by Crippen LogP contribution is -2.18. The summed E-state index contributed by atoms with van der Waals surface area (Å²) in [6, 6.07) is 8.28. The van der Waals surface area contributed by atoms with Gasteiger partial charge in [0.25, 0.3) is 11.5 Å². The number of hydrogen-bond donors (Lipinski definition) is 3. The van der Waals surface area contributed by atoms with E-state index >= 15 is 0 Å². The molecule has 2 heterocycles. The number of benzene rings is 1. The number of carbonyl (C=O) groups excluding carboxylic acids is 2. The van der Waals surface area contributed by atoms with Crippen molar-refractivity contribution >= 4 is 40.8 Å². The predicted octanol–water partition coefficient (Wildman–Crippen LogP) is 4.02. The zero-order valence-corrected chi connectivity index (χ0v) is 16.4. The van der Waals surface area contributed by atoms with Crippen LogP contribution in [-0.4, -0.2) is 29.0 Å². The average molecular weight is 420 g/mol. The standard InChI is InChI=1S/C19H15Cl2N3O4/c1-9-14(20)15(21)16(23-9)18(26)24-12-5-3-10(4-6-12)11-7-13(19(27)28-2)17(25)22-8-11/h3-8,23H,1-2H3,(H,22,25)(H,24,26). The first-order valence-corrected chi connectivity index (χ1v) is 8.83. The number of carbonyl (C=O) groups is 2.